The predicted octanol–water partition coefficient (Wildman–Crippen LogP) is 4.55. The smallest absolute Gasteiger partial charge is 0.0656 e. The van der Waals surface area contributed by atoms with Gasteiger partial charge in [-0.25, -0.2) is 0 Å². The number of anilines is 1. The van der Waals surface area contributed by atoms with Gasteiger partial charge in [0.1, 0.15) is 0 Å². The number of nitrogens with one attached hydrogen (secondary N) is 1. The monoisotopic (exact) mass is 438 g/mol. The quantitative estimate of drug-likeness (QED) is 0.738. The van der Waals surface area contributed by atoms with E-state index < -0.39 is 0 Å². The van der Waals surface area contributed by atoms with Crippen LogP contribution in [0.4, 0.5) is 5.69 Å². The predicted molar refractivity (Wildman–Crippen MR) is 88.5 cm³/mol. The molecule has 5 heteroatoms. The fourth-order valence-corrected chi connectivity index (χ4v) is 5.08. The summed E-state index contributed by atoms with van der Waals surface area (Å²) in [5.41, 5.74) is 1.26. The molecule has 1 unspecified atom stereocenters. The molecule has 0 radical (unpaired) electrons. The molecule has 1 atom stereocenters. The molecular formula is C13H17Br3N2. The molecule has 0 aliphatic carbocycles. The number of hydrogen-bond donors (Lipinski definition) is 1. The number of hydrogen-bond acceptors (Lipinski definition) is 2. The molecule has 2 rings (SSSR count). The Kier molecular flexibility index (Phi) is 5.54. The number of benzene rings is 1. The molecule has 100 valence electrons. The Hall–Kier alpha value is 0.420. The third-order valence-electron chi connectivity index (χ3n) is 3.17. The Morgan fingerprint density at radius 1 is 1.28 bits per heavy atom. The molecular weight excluding hydrogens is 424 g/mol. The lowest BCUT2D eigenvalue weighted by Gasteiger charge is -2.22. The Labute approximate surface area is 134 Å². The van der Waals surface area contributed by atoms with Crippen molar-refractivity contribution in [3.63, 3.8) is 0 Å². The van der Waals surface area contributed by atoms with Crippen molar-refractivity contribution in [2.45, 2.75) is 25.8 Å². The lowest BCUT2D eigenvalue weighted by Crippen LogP contribution is -2.33. The minimum absolute atomic E-state index is 0.618. The molecule has 0 amide bonds. The van der Waals surface area contributed by atoms with Gasteiger partial charge >= 0.3 is 0 Å². The van der Waals surface area contributed by atoms with E-state index in [0.717, 1.165) is 33.1 Å². The van der Waals surface area contributed by atoms with Gasteiger partial charge in [-0.2, -0.15) is 0 Å². The summed E-state index contributed by atoms with van der Waals surface area (Å²) < 4.78 is 3.37. The van der Waals surface area contributed by atoms with E-state index >= 15 is 0 Å². The average molecular weight is 441 g/mol. The van der Waals surface area contributed by atoms with Gasteiger partial charge in [0, 0.05) is 32.5 Å². The van der Waals surface area contributed by atoms with Crippen molar-refractivity contribution < 1.29 is 0 Å². The summed E-state index contributed by atoms with van der Waals surface area (Å²) in [4.78, 5) is 2.44. The lowest BCUT2D eigenvalue weighted by atomic mass is 10.2. The molecule has 18 heavy (non-hydrogen) atoms. The van der Waals surface area contributed by atoms with Crippen LogP contribution in [0.2, 0.25) is 0 Å². The Balaban J connectivity index is 2.09. The summed E-state index contributed by atoms with van der Waals surface area (Å²) in [6.45, 7) is 5.52. The maximum absolute atomic E-state index is 3.66. The average Bonchev–Trinajstić information content (AvgIpc) is 2.73. The van der Waals surface area contributed by atoms with Crippen molar-refractivity contribution in [2.24, 2.45) is 0 Å². The van der Waals surface area contributed by atoms with E-state index in [9.17, 15) is 0 Å². The van der Waals surface area contributed by atoms with Gasteiger partial charge in [0.25, 0.3) is 0 Å². The highest BCUT2D eigenvalue weighted by atomic mass is 79.9. The summed E-state index contributed by atoms with van der Waals surface area (Å²) in [5.74, 6) is 0. The summed E-state index contributed by atoms with van der Waals surface area (Å²) in [5, 5.41) is 3.60. The van der Waals surface area contributed by atoms with E-state index in [2.05, 4.69) is 77.1 Å². The summed E-state index contributed by atoms with van der Waals surface area (Å²) in [7, 11) is 0. The minimum Gasteiger partial charge on any atom is -0.368 e. The van der Waals surface area contributed by atoms with E-state index in [1.807, 2.05) is 0 Å². The van der Waals surface area contributed by atoms with Crippen molar-refractivity contribution in [2.75, 3.05) is 24.5 Å². The van der Waals surface area contributed by atoms with Crippen LogP contribution in [-0.4, -0.2) is 25.7 Å². The van der Waals surface area contributed by atoms with E-state index in [1.54, 1.807) is 0 Å². The van der Waals surface area contributed by atoms with Crippen LogP contribution in [0.3, 0.4) is 0 Å². The third-order valence-corrected chi connectivity index (χ3v) is 4.84. The first-order chi connectivity index (χ1) is 8.61. The maximum atomic E-state index is 3.66. The fourth-order valence-electron chi connectivity index (χ4n) is 2.32. The molecule has 1 fully saturated rings. The standard InChI is InChI=1S/C13H17Br3N2/c1-2-4-17-10-3-5-18(8-10)13-11(15)6-9(14)7-12(13)16/h6-7,10,17H,2-5,8H2,1H3. The normalized spacial score (nSPS) is 19.6. The zero-order chi connectivity index (χ0) is 13.1. The molecule has 1 aromatic rings. The Bertz CT molecular complexity index is 400. The van der Waals surface area contributed by atoms with Crippen molar-refractivity contribution in [3.8, 4) is 0 Å². The summed E-state index contributed by atoms with van der Waals surface area (Å²) in [6.07, 6.45) is 2.41. The van der Waals surface area contributed by atoms with Crippen LogP contribution in [0.5, 0.6) is 0 Å². The highest BCUT2D eigenvalue weighted by Crippen LogP contribution is 2.38. The Morgan fingerprint density at radius 2 is 1.94 bits per heavy atom. The molecule has 0 aromatic heterocycles. The summed E-state index contributed by atoms with van der Waals surface area (Å²) >= 11 is 10.8. The molecule has 1 heterocycles. The molecule has 1 aliphatic rings. The molecule has 0 bridgehead atoms. The van der Waals surface area contributed by atoms with Gasteiger partial charge < -0.3 is 10.2 Å². The van der Waals surface area contributed by atoms with Gasteiger partial charge in [-0.15, -0.1) is 0 Å². The fraction of sp³-hybridized carbons (Fsp3) is 0.538. The molecule has 1 saturated heterocycles. The largest absolute Gasteiger partial charge is 0.368 e. The van der Waals surface area contributed by atoms with Crippen molar-refractivity contribution >= 4 is 53.5 Å². The lowest BCUT2D eigenvalue weighted by molar-refractivity contribution is 0.549. The topological polar surface area (TPSA) is 15.3 Å². The first kappa shape index (κ1) is 14.8. The van der Waals surface area contributed by atoms with E-state index in [1.165, 1.54) is 18.5 Å². The van der Waals surface area contributed by atoms with Crippen LogP contribution >= 0.6 is 47.8 Å². The summed E-state index contributed by atoms with van der Waals surface area (Å²) in [6, 6.07) is 4.83. The number of rotatable bonds is 4. The van der Waals surface area contributed by atoms with Crippen LogP contribution < -0.4 is 10.2 Å². The molecule has 1 aliphatic heterocycles. The van der Waals surface area contributed by atoms with E-state index in [-0.39, 0.29) is 0 Å². The van der Waals surface area contributed by atoms with Gasteiger partial charge in [-0.1, -0.05) is 22.9 Å². The second-order valence-electron chi connectivity index (χ2n) is 4.60. The number of nitrogens with zero attached hydrogens (tertiary/aromatic N) is 1. The van der Waals surface area contributed by atoms with Gasteiger partial charge in [0.15, 0.2) is 0 Å². The Morgan fingerprint density at radius 3 is 2.56 bits per heavy atom. The maximum Gasteiger partial charge on any atom is 0.0656 e. The van der Waals surface area contributed by atoms with E-state index in [0.29, 0.717) is 6.04 Å². The molecule has 2 nitrogen and oxygen atoms in total. The van der Waals surface area contributed by atoms with Crippen LogP contribution in [-0.2, 0) is 0 Å². The van der Waals surface area contributed by atoms with E-state index in [4.69, 9.17) is 0 Å². The van der Waals surface area contributed by atoms with Crippen LogP contribution in [0.15, 0.2) is 25.6 Å². The zero-order valence-electron chi connectivity index (χ0n) is 10.3. The zero-order valence-corrected chi connectivity index (χ0v) is 15.1. The molecule has 1 N–H and O–H groups in total. The van der Waals surface area contributed by atoms with Crippen LogP contribution in [0, 0.1) is 0 Å². The van der Waals surface area contributed by atoms with Gasteiger partial charge in [0.05, 0.1) is 5.69 Å². The second kappa shape index (κ2) is 6.73. The van der Waals surface area contributed by atoms with Gasteiger partial charge in [-0.3, -0.25) is 0 Å². The molecule has 0 saturated carbocycles. The van der Waals surface area contributed by atoms with Crippen LogP contribution in [0.25, 0.3) is 0 Å². The third kappa shape index (κ3) is 3.50. The van der Waals surface area contributed by atoms with Crippen molar-refractivity contribution in [1.82, 2.24) is 5.32 Å². The molecule has 1 aromatic carbocycles. The molecule has 0 spiro atoms. The highest BCUT2D eigenvalue weighted by molar-refractivity contribution is 9.11. The first-order valence-corrected chi connectivity index (χ1v) is 8.62. The first-order valence-electron chi connectivity index (χ1n) is 6.24. The van der Waals surface area contributed by atoms with Crippen molar-refractivity contribution in [3.05, 3.63) is 25.6 Å². The highest BCUT2D eigenvalue weighted by Gasteiger charge is 2.24. The van der Waals surface area contributed by atoms with Crippen molar-refractivity contribution in [1.29, 1.82) is 0 Å². The number of halogens is 3. The van der Waals surface area contributed by atoms with Crippen LogP contribution in [0.1, 0.15) is 19.8 Å². The minimum atomic E-state index is 0.618. The second-order valence-corrected chi connectivity index (χ2v) is 7.23. The SMILES string of the molecule is CCCNC1CCN(c2c(Br)cc(Br)cc2Br)C1. The van der Waals surface area contributed by atoms with Gasteiger partial charge in [0.2, 0.25) is 0 Å². The van der Waals surface area contributed by atoms with Gasteiger partial charge in [-0.05, 0) is 63.4 Å².